The van der Waals surface area contributed by atoms with Crippen molar-refractivity contribution in [1.29, 1.82) is 0 Å². The SMILES string of the molecule is Nc1nc(N)nc(-c2ccc(-c3cc4ccc5cccc6ccc(c3)c4c56)cc2)n1. The molecule has 0 atom stereocenters. The van der Waals surface area contributed by atoms with Gasteiger partial charge < -0.3 is 11.5 Å². The number of nitrogens with zero attached hydrogens (tertiary/aromatic N) is 3. The van der Waals surface area contributed by atoms with Crippen LogP contribution in [-0.2, 0) is 0 Å². The highest BCUT2D eigenvalue weighted by Crippen LogP contribution is 2.37. The van der Waals surface area contributed by atoms with Gasteiger partial charge in [-0.25, -0.2) is 0 Å². The number of aromatic nitrogens is 3. The molecule has 0 aliphatic rings. The van der Waals surface area contributed by atoms with Crippen molar-refractivity contribution in [3.8, 4) is 22.5 Å². The Kier molecular flexibility index (Phi) is 3.40. The Labute approximate surface area is 172 Å². The molecule has 5 aromatic carbocycles. The van der Waals surface area contributed by atoms with Crippen LogP contribution in [0.4, 0.5) is 11.9 Å². The summed E-state index contributed by atoms with van der Waals surface area (Å²) in [7, 11) is 0. The third kappa shape index (κ3) is 2.53. The number of nitrogen functional groups attached to an aromatic ring is 2. The second kappa shape index (κ2) is 6.12. The molecule has 0 bridgehead atoms. The van der Waals surface area contributed by atoms with E-state index in [1.807, 2.05) is 12.1 Å². The van der Waals surface area contributed by atoms with E-state index >= 15 is 0 Å². The van der Waals surface area contributed by atoms with Gasteiger partial charge >= 0.3 is 0 Å². The first kappa shape index (κ1) is 16.7. The van der Waals surface area contributed by atoms with Gasteiger partial charge in [0.05, 0.1) is 0 Å². The van der Waals surface area contributed by atoms with Gasteiger partial charge in [-0.3, -0.25) is 0 Å². The minimum absolute atomic E-state index is 0.119. The fourth-order valence-electron chi connectivity index (χ4n) is 4.27. The Bertz CT molecular complexity index is 1470. The van der Waals surface area contributed by atoms with Gasteiger partial charge in [-0.15, -0.1) is 0 Å². The van der Waals surface area contributed by atoms with E-state index in [1.54, 1.807) is 0 Å². The molecule has 5 heteroatoms. The van der Waals surface area contributed by atoms with Gasteiger partial charge in [0.2, 0.25) is 11.9 Å². The fraction of sp³-hybridized carbons (Fsp3) is 0. The third-order valence-electron chi connectivity index (χ3n) is 5.61. The topological polar surface area (TPSA) is 90.7 Å². The molecule has 0 spiro atoms. The minimum Gasteiger partial charge on any atom is -0.368 e. The lowest BCUT2D eigenvalue weighted by Gasteiger charge is -2.13. The molecule has 0 saturated carbocycles. The summed E-state index contributed by atoms with van der Waals surface area (Å²) >= 11 is 0. The largest absolute Gasteiger partial charge is 0.368 e. The molecule has 0 aliphatic carbocycles. The minimum atomic E-state index is 0.119. The van der Waals surface area contributed by atoms with Crippen molar-refractivity contribution >= 4 is 44.2 Å². The molecular formula is C25H17N5. The van der Waals surface area contributed by atoms with Crippen molar-refractivity contribution in [2.45, 2.75) is 0 Å². The molecule has 6 rings (SSSR count). The zero-order chi connectivity index (χ0) is 20.2. The van der Waals surface area contributed by atoms with Crippen LogP contribution < -0.4 is 11.5 Å². The Morgan fingerprint density at radius 3 is 1.57 bits per heavy atom. The van der Waals surface area contributed by atoms with Crippen LogP contribution in [0.3, 0.4) is 0 Å². The van der Waals surface area contributed by atoms with Crippen molar-refractivity contribution < 1.29 is 0 Å². The van der Waals surface area contributed by atoms with Gasteiger partial charge in [0.1, 0.15) is 0 Å². The van der Waals surface area contributed by atoms with Crippen LogP contribution >= 0.6 is 0 Å². The van der Waals surface area contributed by atoms with Crippen molar-refractivity contribution in [3.63, 3.8) is 0 Å². The number of hydrogen-bond donors (Lipinski definition) is 2. The summed E-state index contributed by atoms with van der Waals surface area (Å²) in [6.07, 6.45) is 0. The van der Waals surface area contributed by atoms with E-state index in [9.17, 15) is 0 Å². The number of nitrogens with two attached hydrogens (primary N) is 2. The Morgan fingerprint density at radius 2 is 0.967 bits per heavy atom. The Morgan fingerprint density at radius 1 is 0.467 bits per heavy atom. The van der Waals surface area contributed by atoms with E-state index in [0.717, 1.165) is 11.1 Å². The molecule has 6 aromatic rings. The highest BCUT2D eigenvalue weighted by Gasteiger charge is 2.11. The Hall–Kier alpha value is -4.25. The maximum Gasteiger partial charge on any atom is 0.225 e. The van der Waals surface area contributed by atoms with Crippen molar-refractivity contribution in [1.82, 2.24) is 15.0 Å². The van der Waals surface area contributed by atoms with E-state index in [1.165, 1.54) is 37.9 Å². The molecule has 1 aromatic heterocycles. The molecule has 1 heterocycles. The molecule has 0 radical (unpaired) electrons. The highest BCUT2D eigenvalue weighted by atomic mass is 15.1. The summed E-state index contributed by atoms with van der Waals surface area (Å²) in [5, 5.41) is 7.70. The summed E-state index contributed by atoms with van der Waals surface area (Å²) in [5.74, 6) is 0.712. The molecular weight excluding hydrogens is 370 g/mol. The number of hydrogen-bond acceptors (Lipinski definition) is 5. The van der Waals surface area contributed by atoms with Gasteiger partial charge in [-0.2, -0.15) is 15.0 Å². The number of anilines is 2. The fourth-order valence-corrected chi connectivity index (χ4v) is 4.27. The first-order chi connectivity index (χ1) is 14.7. The molecule has 0 amide bonds. The van der Waals surface area contributed by atoms with Crippen LogP contribution in [0.1, 0.15) is 0 Å². The molecule has 0 aliphatic heterocycles. The van der Waals surface area contributed by atoms with Crippen LogP contribution in [0.2, 0.25) is 0 Å². The van der Waals surface area contributed by atoms with Gasteiger partial charge in [0.15, 0.2) is 5.82 Å². The normalized spacial score (nSPS) is 11.6. The third-order valence-corrected chi connectivity index (χ3v) is 5.61. The smallest absolute Gasteiger partial charge is 0.225 e. The Balaban J connectivity index is 1.49. The summed E-state index contributed by atoms with van der Waals surface area (Å²) < 4.78 is 0. The molecule has 0 fully saturated rings. The van der Waals surface area contributed by atoms with Gasteiger partial charge in [0.25, 0.3) is 0 Å². The molecule has 5 nitrogen and oxygen atoms in total. The monoisotopic (exact) mass is 387 g/mol. The van der Waals surface area contributed by atoms with E-state index in [-0.39, 0.29) is 11.9 Å². The lowest BCUT2D eigenvalue weighted by atomic mass is 9.91. The summed E-state index contributed by atoms with van der Waals surface area (Å²) in [4.78, 5) is 12.2. The van der Waals surface area contributed by atoms with Crippen LogP contribution in [0, 0.1) is 0 Å². The summed E-state index contributed by atoms with van der Waals surface area (Å²) in [6, 6.07) is 27.9. The molecule has 0 unspecified atom stereocenters. The average Bonchev–Trinajstić information content (AvgIpc) is 2.77. The van der Waals surface area contributed by atoms with Gasteiger partial charge in [0, 0.05) is 5.56 Å². The maximum atomic E-state index is 5.70. The molecule has 4 N–H and O–H groups in total. The predicted molar refractivity (Wildman–Crippen MR) is 123 cm³/mol. The molecule has 0 saturated heterocycles. The highest BCUT2D eigenvalue weighted by molar-refractivity contribution is 6.23. The van der Waals surface area contributed by atoms with Crippen LogP contribution in [-0.4, -0.2) is 15.0 Å². The second-order valence-electron chi connectivity index (χ2n) is 7.46. The van der Waals surface area contributed by atoms with Gasteiger partial charge in [-0.05, 0) is 55.6 Å². The van der Waals surface area contributed by atoms with Crippen LogP contribution in [0.25, 0.3) is 54.8 Å². The maximum absolute atomic E-state index is 5.70. The quantitative estimate of drug-likeness (QED) is 0.395. The van der Waals surface area contributed by atoms with E-state index in [0.29, 0.717) is 5.82 Å². The summed E-state index contributed by atoms with van der Waals surface area (Å²) in [5.41, 5.74) is 14.5. The first-order valence-electron chi connectivity index (χ1n) is 9.71. The predicted octanol–water partition coefficient (Wildman–Crippen LogP) is 5.27. The lowest BCUT2D eigenvalue weighted by Crippen LogP contribution is -2.04. The molecule has 30 heavy (non-hydrogen) atoms. The second-order valence-corrected chi connectivity index (χ2v) is 7.46. The van der Waals surface area contributed by atoms with E-state index in [4.69, 9.17) is 11.5 Å². The zero-order valence-electron chi connectivity index (χ0n) is 16.0. The lowest BCUT2D eigenvalue weighted by molar-refractivity contribution is 1.09. The average molecular weight is 387 g/mol. The standard InChI is InChI=1S/C25H17N5/c26-24-28-23(29-25(27)30-24)17-8-4-14(5-9-17)20-12-18-10-6-15-2-1-3-16-7-11-19(13-20)22(18)21(15)16/h1-13H,(H4,26,27,28,29,30). The van der Waals surface area contributed by atoms with Crippen LogP contribution in [0.15, 0.2) is 78.9 Å². The first-order valence-corrected chi connectivity index (χ1v) is 9.71. The number of rotatable bonds is 2. The van der Waals surface area contributed by atoms with E-state index in [2.05, 4.69) is 81.7 Å². The molecule has 142 valence electrons. The van der Waals surface area contributed by atoms with Crippen molar-refractivity contribution in [2.75, 3.05) is 11.5 Å². The van der Waals surface area contributed by atoms with Crippen molar-refractivity contribution in [3.05, 3.63) is 78.9 Å². The van der Waals surface area contributed by atoms with Crippen LogP contribution in [0.5, 0.6) is 0 Å². The summed E-state index contributed by atoms with van der Waals surface area (Å²) in [6.45, 7) is 0. The van der Waals surface area contributed by atoms with Gasteiger partial charge in [-0.1, -0.05) is 66.7 Å². The zero-order valence-corrected chi connectivity index (χ0v) is 16.0. The van der Waals surface area contributed by atoms with Crippen molar-refractivity contribution in [2.24, 2.45) is 0 Å². The van der Waals surface area contributed by atoms with E-state index < -0.39 is 0 Å². The number of benzene rings is 5.